The third-order valence-corrected chi connectivity index (χ3v) is 5.25. The molecule has 5 amide bonds. The molecule has 1 atom stereocenters. The first-order valence-electron chi connectivity index (χ1n) is 9.37. The zero-order valence-electron chi connectivity index (χ0n) is 16.1. The Morgan fingerprint density at radius 3 is 2.32 bits per heavy atom. The maximum atomic E-state index is 12.5. The van der Waals surface area contributed by atoms with Crippen LogP contribution in [0.5, 0.6) is 0 Å². The minimum atomic E-state index is -0.992. The first kappa shape index (κ1) is 19.8. The summed E-state index contributed by atoms with van der Waals surface area (Å²) in [6.07, 6.45) is 0.432. The topological polar surface area (TPSA) is 102 Å². The largest absolute Gasteiger partial charge is 0.344 e. The van der Waals surface area contributed by atoms with Crippen LogP contribution in [0.2, 0.25) is 0 Å². The standard InChI is InChI=1S/C19H25N5O4/c1-3-19(2)17(27)24(18(28)20-19)21-15(25)13-22-9-11-23(12-10-22)16(26)14-7-5-4-6-8-14/h4-8H,3,9-13H2,1-2H3,(H,20,28)(H,21,25). The Morgan fingerprint density at radius 1 is 1.11 bits per heavy atom. The molecule has 2 heterocycles. The molecule has 9 heteroatoms. The predicted molar refractivity (Wildman–Crippen MR) is 101 cm³/mol. The van der Waals surface area contributed by atoms with Gasteiger partial charge < -0.3 is 10.2 Å². The Labute approximate surface area is 163 Å². The fourth-order valence-electron chi connectivity index (χ4n) is 3.26. The molecule has 0 spiro atoms. The van der Waals surface area contributed by atoms with Crippen LogP contribution >= 0.6 is 0 Å². The van der Waals surface area contributed by atoms with Crippen LogP contribution in [-0.2, 0) is 9.59 Å². The van der Waals surface area contributed by atoms with Crippen molar-refractivity contribution in [3.05, 3.63) is 35.9 Å². The number of hydrazine groups is 1. The lowest BCUT2D eigenvalue weighted by molar-refractivity contribution is -0.139. The summed E-state index contributed by atoms with van der Waals surface area (Å²) in [5.41, 5.74) is 2.04. The SMILES string of the molecule is CCC1(C)NC(=O)N(NC(=O)CN2CCN(C(=O)c3ccccc3)CC2)C1=O. The number of imide groups is 1. The normalized spacial score (nSPS) is 22.9. The molecule has 2 aliphatic rings. The van der Waals surface area contributed by atoms with E-state index in [0.29, 0.717) is 38.2 Å². The molecular weight excluding hydrogens is 362 g/mol. The summed E-state index contributed by atoms with van der Waals surface area (Å²) in [5.74, 6) is -0.929. The Hall–Kier alpha value is -2.94. The van der Waals surface area contributed by atoms with E-state index in [1.54, 1.807) is 30.9 Å². The van der Waals surface area contributed by atoms with Crippen molar-refractivity contribution in [2.24, 2.45) is 0 Å². The number of nitrogens with one attached hydrogen (secondary N) is 2. The molecule has 2 N–H and O–H groups in total. The highest BCUT2D eigenvalue weighted by Gasteiger charge is 2.47. The summed E-state index contributed by atoms with van der Waals surface area (Å²) < 4.78 is 0. The van der Waals surface area contributed by atoms with Gasteiger partial charge >= 0.3 is 6.03 Å². The van der Waals surface area contributed by atoms with Crippen LogP contribution in [0.4, 0.5) is 4.79 Å². The Balaban J connectivity index is 1.48. The van der Waals surface area contributed by atoms with E-state index >= 15 is 0 Å². The van der Waals surface area contributed by atoms with Crippen molar-refractivity contribution in [3.8, 4) is 0 Å². The monoisotopic (exact) mass is 387 g/mol. The highest BCUT2D eigenvalue weighted by Crippen LogP contribution is 2.19. The van der Waals surface area contributed by atoms with E-state index in [4.69, 9.17) is 0 Å². The van der Waals surface area contributed by atoms with Crippen molar-refractivity contribution in [3.63, 3.8) is 0 Å². The minimum Gasteiger partial charge on any atom is -0.336 e. The number of nitrogens with zero attached hydrogens (tertiary/aromatic N) is 3. The summed E-state index contributed by atoms with van der Waals surface area (Å²) in [5, 5.41) is 3.34. The second-order valence-corrected chi connectivity index (χ2v) is 7.23. The van der Waals surface area contributed by atoms with Gasteiger partial charge in [-0.05, 0) is 25.5 Å². The molecule has 3 rings (SSSR count). The van der Waals surface area contributed by atoms with Crippen molar-refractivity contribution < 1.29 is 19.2 Å². The fourth-order valence-corrected chi connectivity index (χ4v) is 3.26. The van der Waals surface area contributed by atoms with Crippen molar-refractivity contribution >= 4 is 23.8 Å². The lowest BCUT2D eigenvalue weighted by atomic mass is 10.00. The van der Waals surface area contributed by atoms with Gasteiger partial charge in [0.1, 0.15) is 5.54 Å². The molecule has 0 saturated carbocycles. The van der Waals surface area contributed by atoms with Crippen LogP contribution < -0.4 is 10.7 Å². The van der Waals surface area contributed by atoms with Gasteiger partial charge in [0.25, 0.3) is 17.7 Å². The predicted octanol–water partition coefficient (Wildman–Crippen LogP) is 0.196. The number of carbonyl (C=O) groups excluding carboxylic acids is 4. The van der Waals surface area contributed by atoms with Gasteiger partial charge in [-0.1, -0.05) is 25.1 Å². The zero-order chi connectivity index (χ0) is 20.3. The number of amides is 5. The molecule has 1 unspecified atom stereocenters. The summed E-state index contributed by atoms with van der Waals surface area (Å²) in [4.78, 5) is 52.7. The molecule has 9 nitrogen and oxygen atoms in total. The molecule has 0 bridgehead atoms. The summed E-state index contributed by atoms with van der Waals surface area (Å²) in [6.45, 7) is 5.57. The fraction of sp³-hybridized carbons (Fsp3) is 0.474. The van der Waals surface area contributed by atoms with E-state index in [0.717, 1.165) is 5.01 Å². The lowest BCUT2D eigenvalue weighted by Gasteiger charge is -2.34. The van der Waals surface area contributed by atoms with Gasteiger partial charge in [0.2, 0.25) is 0 Å². The van der Waals surface area contributed by atoms with Crippen LogP contribution in [0.15, 0.2) is 30.3 Å². The molecule has 1 aromatic carbocycles. The third-order valence-electron chi connectivity index (χ3n) is 5.25. The molecule has 0 aromatic heterocycles. The average molecular weight is 387 g/mol. The molecule has 2 aliphatic heterocycles. The molecular formula is C19H25N5O4. The van der Waals surface area contributed by atoms with Gasteiger partial charge in [0.15, 0.2) is 0 Å². The average Bonchev–Trinajstić information content (AvgIpc) is 2.92. The van der Waals surface area contributed by atoms with Gasteiger partial charge in [-0.25, -0.2) is 4.79 Å². The summed E-state index contributed by atoms with van der Waals surface area (Å²) in [7, 11) is 0. The quantitative estimate of drug-likeness (QED) is 0.703. The smallest absolute Gasteiger partial charge is 0.336 e. The maximum absolute atomic E-state index is 12.5. The number of hydrogen-bond acceptors (Lipinski definition) is 5. The van der Waals surface area contributed by atoms with Crippen LogP contribution in [0.3, 0.4) is 0 Å². The second-order valence-electron chi connectivity index (χ2n) is 7.23. The molecule has 2 saturated heterocycles. The zero-order valence-corrected chi connectivity index (χ0v) is 16.1. The second kappa shape index (κ2) is 7.97. The van der Waals surface area contributed by atoms with Crippen LogP contribution in [0.1, 0.15) is 30.6 Å². The maximum Gasteiger partial charge on any atom is 0.344 e. The van der Waals surface area contributed by atoms with Gasteiger partial charge in [-0.3, -0.25) is 24.7 Å². The Kier molecular flexibility index (Phi) is 5.64. The first-order chi connectivity index (χ1) is 13.3. The van der Waals surface area contributed by atoms with E-state index in [-0.39, 0.29) is 12.5 Å². The number of urea groups is 1. The van der Waals surface area contributed by atoms with E-state index in [2.05, 4.69) is 10.7 Å². The van der Waals surface area contributed by atoms with Crippen molar-refractivity contribution in [1.82, 2.24) is 25.6 Å². The first-order valence-corrected chi connectivity index (χ1v) is 9.37. The lowest BCUT2D eigenvalue weighted by Crippen LogP contribution is -2.54. The van der Waals surface area contributed by atoms with Gasteiger partial charge in [-0.15, -0.1) is 0 Å². The molecule has 1 aromatic rings. The third kappa shape index (κ3) is 3.99. The van der Waals surface area contributed by atoms with E-state index in [1.165, 1.54) is 0 Å². The molecule has 0 aliphatic carbocycles. The Bertz CT molecular complexity index is 776. The number of carbonyl (C=O) groups is 4. The number of piperazine rings is 1. The number of hydrogen-bond donors (Lipinski definition) is 2. The van der Waals surface area contributed by atoms with Crippen molar-refractivity contribution in [2.75, 3.05) is 32.7 Å². The summed E-state index contributed by atoms with van der Waals surface area (Å²) in [6, 6.07) is 8.46. The molecule has 2 fully saturated rings. The Morgan fingerprint density at radius 2 is 1.75 bits per heavy atom. The van der Waals surface area contributed by atoms with Crippen LogP contribution in [-0.4, -0.2) is 76.8 Å². The van der Waals surface area contributed by atoms with Gasteiger partial charge in [-0.2, -0.15) is 5.01 Å². The van der Waals surface area contributed by atoms with E-state index < -0.39 is 23.4 Å². The van der Waals surface area contributed by atoms with E-state index in [9.17, 15) is 19.2 Å². The molecule has 150 valence electrons. The number of benzene rings is 1. The minimum absolute atomic E-state index is 0.0251. The van der Waals surface area contributed by atoms with E-state index in [1.807, 2.05) is 23.1 Å². The van der Waals surface area contributed by atoms with Crippen LogP contribution in [0, 0.1) is 0 Å². The van der Waals surface area contributed by atoms with Gasteiger partial charge in [0.05, 0.1) is 6.54 Å². The molecule has 28 heavy (non-hydrogen) atoms. The van der Waals surface area contributed by atoms with Gasteiger partial charge in [0, 0.05) is 31.7 Å². The highest BCUT2D eigenvalue weighted by molar-refractivity contribution is 6.07. The van der Waals surface area contributed by atoms with Crippen molar-refractivity contribution in [2.45, 2.75) is 25.8 Å². The highest BCUT2D eigenvalue weighted by atomic mass is 16.2. The van der Waals surface area contributed by atoms with Crippen LogP contribution in [0.25, 0.3) is 0 Å². The summed E-state index contributed by atoms with van der Waals surface area (Å²) >= 11 is 0. The number of rotatable bonds is 5. The molecule has 0 radical (unpaired) electrons. The van der Waals surface area contributed by atoms with Crippen molar-refractivity contribution in [1.29, 1.82) is 0 Å².